The fourth-order valence-electron chi connectivity index (χ4n) is 1.42. The number of carbonyl (C=O) groups excluding carboxylic acids is 2. The van der Waals surface area contributed by atoms with Crippen LogP contribution in [0.25, 0.3) is 0 Å². The van der Waals surface area contributed by atoms with E-state index < -0.39 is 0 Å². The monoisotopic (exact) mass is 253 g/mol. The van der Waals surface area contributed by atoms with Gasteiger partial charge in [0.2, 0.25) is 5.91 Å². The van der Waals surface area contributed by atoms with Crippen LogP contribution in [0.5, 0.6) is 0 Å². The van der Waals surface area contributed by atoms with Crippen molar-refractivity contribution in [2.45, 2.75) is 13.3 Å². The van der Waals surface area contributed by atoms with E-state index in [1.807, 2.05) is 6.92 Å². The van der Waals surface area contributed by atoms with E-state index in [0.717, 1.165) is 5.69 Å². The molecule has 0 fully saturated rings. The van der Waals surface area contributed by atoms with Crippen molar-refractivity contribution in [3.63, 3.8) is 0 Å². The van der Waals surface area contributed by atoms with Crippen molar-refractivity contribution in [3.8, 4) is 0 Å². The first-order valence-corrected chi connectivity index (χ1v) is 5.66. The number of nitrogens with one attached hydrogen (secondary N) is 1. The van der Waals surface area contributed by atoms with E-state index in [0.29, 0.717) is 12.1 Å². The fourth-order valence-corrected chi connectivity index (χ4v) is 1.42. The number of hydrogen-bond donors (Lipinski definition) is 2. The maximum absolute atomic E-state index is 12.0. The molecule has 0 aliphatic rings. The van der Waals surface area contributed by atoms with Gasteiger partial charge in [0.1, 0.15) is 0 Å². The molecule has 1 rings (SSSR count). The minimum atomic E-state index is -0.362. The number of likely N-dealkylation sites (N-methyl/N-ethyl adjacent to an activating group) is 2. The van der Waals surface area contributed by atoms with E-state index in [2.05, 4.69) is 10.2 Å². The number of H-pyrrole nitrogens is 1. The second-order valence-electron chi connectivity index (χ2n) is 4.27. The molecule has 3 N–H and O–H groups in total. The average Bonchev–Trinajstić information content (AvgIpc) is 2.69. The van der Waals surface area contributed by atoms with Gasteiger partial charge in [-0.3, -0.25) is 14.7 Å². The van der Waals surface area contributed by atoms with Crippen LogP contribution in [-0.4, -0.2) is 59.5 Å². The Labute approximate surface area is 106 Å². The van der Waals surface area contributed by atoms with Crippen LogP contribution in [0, 0.1) is 0 Å². The molecule has 1 aromatic heterocycles. The van der Waals surface area contributed by atoms with Crippen LogP contribution in [-0.2, 0) is 11.2 Å². The van der Waals surface area contributed by atoms with Gasteiger partial charge in [-0.1, -0.05) is 6.92 Å². The number of nitrogens with zero attached hydrogens (tertiary/aromatic N) is 3. The normalized spacial score (nSPS) is 10.2. The SMILES string of the molecule is CCc1[nH]nc(C(=O)N(C)CC(=O)N(C)C)c1N. The second-order valence-corrected chi connectivity index (χ2v) is 4.27. The summed E-state index contributed by atoms with van der Waals surface area (Å²) in [5.41, 5.74) is 7.05. The number of nitrogen functional groups attached to an aromatic ring is 1. The lowest BCUT2D eigenvalue weighted by Gasteiger charge is -2.18. The molecule has 0 atom stereocenters. The predicted octanol–water partition coefficient (Wildman–Crippen LogP) is -0.285. The standard InChI is InChI=1S/C11H19N5O2/c1-5-7-9(12)10(14-13-7)11(18)16(4)6-8(17)15(2)3/h5-6,12H2,1-4H3,(H,13,14). The van der Waals surface area contributed by atoms with Gasteiger partial charge in [0.05, 0.1) is 17.9 Å². The quantitative estimate of drug-likeness (QED) is 0.771. The van der Waals surface area contributed by atoms with E-state index >= 15 is 0 Å². The number of nitrogens with two attached hydrogens (primary N) is 1. The van der Waals surface area contributed by atoms with Crippen LogP contribution in [0.3, 0.4) is 0 Å². The molecule has 7 nitrogen and oxygen atoms in total. The van der Waals surface area contributed by atoms with Crippen molar-refractivity contribution in [1.29, 1.82) is 0 Å². The Hall–Kier alpha value is -2.05. The molecule has 2 amide bonds. The highest BCUT2D eigenvalue weighted by Gasteiger charge is 2.21. The van der Waals surface area contributed by atoms with Gasteiger partial charge in [0.25, 0.3) is 5.91 Å². The zero-order chi connectivity index (χ0) is 13.9. The summed E-state index contributed by atoms with van der Waals surface area (Å²) < 4.78 is 0. The van der Waals surface area contributed by atoms with Gasteiger partial charge in [0.15, 0.2) is 5.69 Å². The molecule has 0 unspecified atom stereocenters. The second kappa shape index (κ2) is 5.52. The highest BCUT2D eigenvalue weighted by Crippen LogP contribution is 2.15. The van der Waals surface area contributed by atoms with Gasteiger partial charge in [-0.15, -0.1) is 0 Å². The van der Waals surface area contributed by atoms with Gasteiger partial charge in [-0.2, -0.15) is 5.10 Å². The lowest BCUT2D eigenvalue weighted by atomic mass is 10.2. The Morgan fingerprint density at radius 2 is 1.94 bits per heavy atom. The fraction of sp³-hybridized carbons (Fsp3) is 0.545. The molecule has 0 saturated heterocycles. The third-order valence-electron chi connectivity index (χ3n) is 2.66. The number of aromatic nitrogens is 2. The third kappa shape index (κ3) is 2.79. The summed E-state index contributed by atoms with van der Waals surface area (Å²) >= 11 is 0. The van der Waals surface area contributed by atoms with E-state index in [1.165, 1.54) is 9.80 Å². The summed E-state index contributed by atoms with van der Waals surface area (Å²) in [5.74, 6) is -0.519. The van der Waals surface area contributed by atoms with Crippen LogP contribution in [0.2, 0.25) is 0 Å². The summed E-state index contributed by atoms with van der Waals surface area (Å²) in [5, 5.41) is 6.61. The van der Waals surface area contributed by atoms with Crippen molar-refractivity contribution in [3.05, 3.63) is 11.4 Å². The third-order valence-corrected chi connectivity index (χ3v) is 2.66. The molecule has 0 aliphatic heterocycles. The Morgan fingerprint density at radius 3 is 2.39 bits per heavy atom. The molecular formula is C11H19N5O2. The van der Waals surface area contributed by atoms with E-state index in [9.17, 15) is 9.59 Å². The van der Waals surface area contributed by atoms with Crippen LogP contribution in [0.15, 0.2) is 0 Å². The van der Waals surface area contributed by atoms with Crippen molar-refractivity contribution in [1.82, 2.24) is 20.0 Å². The van der Waals surface area contributed by atoms with Crippen LogP contribution >= 0.6 is 0 Å². The highest BCUT2D eigenvalue weighted by atomic mass is 16.2. The Kier molecular flexibility index (Phi) is 4.30. The number of carbonyl (C=O) groups is 2. The van der Waals surface area contributed by atoms with Gasteiger partial charge < -0.3 is 15.5 Å². The van der Waals surface area contributed by atoms with E-state index in [1.54, 1.807) is 21.1 Å². The first kappa shape index (κ1) is 14.0. The number of hydrogen-bond acceptors (Lipinski definition) is 4. The molecule has 0 spiro atoms. The number of anilines is 1. The van der Waals surface area contributed by atoms with Crippen LogP contribution in [0.4, 0.5) is 5.69 Å². The maximum atomic E-state index is 12.0. The maximum Gasteiger partial charge on any atom is 0.276 e. The molecule has 0 radical (unpaired) electrons. The van der Waals surface area contributed by atoms with E-state index in [-0.39, 0.29) is 24.1 Å². The Bertz CT molecular complexity index is 452. The zero-order valence-electron chi connectivity index (χ0n) is 11.1. The molecule has 100 valence electrons. The van der Waals surface area contributed by atoms with Crippen molar-refractivity contribution < 1.29 is 9.59 Å². The lowest BCUT2D eigenvalue weighted by molar-refractivity contribution is -0.129. The van der Waals surface area contributed by atoms with Gasteiger partial charge >= 0.3 is 0 Å². The van der Waals surface area contributed by atoms with Crippen molar-refractivity contribution >= 4 is 17.5 Å². The van der Waals surface area contributed by atoms with Crippen molar-refractivity contribution in [2.24, 2.45) is 0 Å². The molecule has 0 saturated carbocycles. The number of amides is 2. The molecule has 1 heterocycles. The molecule has 1 aromatic rings. The molecule has 18 heavy (non-hydrogen) atoms. The van der Waals surface area contributed by atoms with Crippen molar-refractivity contribution in [2.75, 3.05) is 33.4 Å². The molecule has 7 heteroatoms. The topological polar surface area (TPSA) is 95.3 Å². The van der Waals surface area contributed by atoms with Gasteiger partial charge in [-0.05, 0) is 6.42 Å². The largest absolute Gasteiger partial charge is 0.395 e. The Morgan fingerprint density at radius 1 is 1.33 bits per heavy atom. The minimum Gasteiger partial charge on any atom is -0.395 e. The first-order valence-electron chi connectivity index (χ1n) is 5.66. The first-order chi connectivity index (χ1) is 8.38. The lowest BCUT2D eigenvalue weighted by Crippen LogP contribution is -2.38. The zero-order valence-corrected chi connectivity index (χ0v) is 11.1. The summed E-state index contributed by atoms with van der Waals surface area (Å²) in [4.78, 5) is 26.3. The smallest absolute Gasteiger partial charge is 0.276 e. The average molecular weight is 253 g/mol. The number of aromatic amines is 1. The molecular weight excluding hydrogens is 234 g/mol. The van der Waals surface area contributed by atoms with Gasteiger partial charge in [-0.25, -0.2) is 0 Å². The summed E-state index contributed by atoms with van der Waals surface area (Å²) in [7, 11) is 4.82. The number of rotatable bonds is 4. The summed E-state index contributed by atoms with van der Waals surface area (Å²) in [6.07, 6.45) is 0.673. The highest BCUT2D eigenvalue weighted by molar-refractivity contribution is 5.99. The Balaban J connectivity index is 2.80. The molecule has 0 aliphatic carbocycles. The summed E-state index contributed by atoms with van der Waals surface area (Å²) in [6, 6.07) is 0. The van der Waals surface area contributed by atoms with Crippen LogP contribution in [0.1, 0.15) is 23.1 Å². The molecule has 0 aromatic carbocycles. The van der Waals surface area contributed by atoms with E-state index in [4.69, 9.17) is 5.73 Å². The minimum absolute atomic E-state index is 0.000405. The predicted molar refractivity (Wildman–Crippen MR) is 68.0 cm³/mol. The molecule has 0 bridgehead atoms. The van der Waals surface area contributed by atoms with Crippen LogP contribution < -0.4 is 5.73 Å². The number of aryl methyl sites for hydroxylation is 1. The summed E-state index contributed by atoms with van der Waals surface area (Å²) in [6.45, 7) is 1.91. The van der Waals surface area contributed by atoms with Gasteiger partial charge in [0, 0.05) is 21.1 Å².